The van der Waals surface area contributed by atoms with Crippen LogP contribution in [0.25, 0.3) is 0 Å². The van der Waals surface area contributed by atoms with Crippen LogP contribution in [0.5, 0.6) is 0 Å². The Morgan fingerprint density at radius 3 is 2.19 bits per heavy atom. The second kappa shape index (κ2) is 5.99. The third-order valence-electron chi connectivity index (χ3n) is 2.17. The number of nitrogens with two attached hydrogens (primary N) is 1. The van der Waals surface area contributed by atoms with Gasteiger partial charge in [-0.25, -0.2) is 0 Å². The highest BCUT2D eigenvalue weighted by Gasteiger charge is 2.47. The summed E-state index contributed by atoms with van der Waals surface area (Å²) in [6.07, 6.45) is -6.41. The fourth-order valence-electron chi connectivity index (χ4n) is 1.04. The molecule has 0 spiro atoms. The zero-order chi connectivity index (χ0) is 12.9. The summed E-state index contributed by atoms with van der Waals surface area (Å²) in [4.78, 5) is 21.6. The summed E-state index contributed by atoms with van der Waals surface area (Å²) in [6, 6.07) is 0. The van der Waals surface area contributed by atoms with E-state index < -0.39 is 42.8 Å². The molecule has 0 amide bonds. The fraction of sp³-hybridized carbons (Fsp3) is 0.750. The molecule has 4 unspecified atom stereocenters. The van der Waals surface area contributed by atoms with Crippen molar-refractivity contribution in [3.05, 3.63) is 0 Å². The molecule has 7 N–H and O–H groups in total. The van der Waals surface area contributed by atoms with Crippen LogP contribution in [0.2, 0.25) is 0 Å². The Morgan fingerprint density at radius 2 is 1.88 bits per heavy atom. The monoisotopic (exact) mass is 237 g/mol. The molecule has 0 aliphatic carbocycles. The third-order valence-corrected chi connectivity index (χ3v) is 2.17. The van der Waals surface area contributed by atoms with E-state index in [0.29, 0.717) is 0 Å². The molecule has 0 radical (unpaired) electrons. The summed E-state index contributed by atoms with van der Waals surface area (Å²) in [6.45, 7) is -1.64. The van der Waals surface area contributed by atoms with Gasteiger partial charge >= 0.3 is 0 Å². The molecule has 0 rings (SSSR count). The number of carbonyl (C=O) groups is 2. The van der Waals surface area contributed by atoms with Crippen molar-refractivity contribution >= 4 is 12.1 Å². The summed E-state index contributed by atoms with van der Waals surface area (Å²) in [5, 5.41) is 45.5. The minimum Gasteiger partial charge on any atom is -0.394 e. The molecule has 0 aliphatic rings. The molecule has 0 aromatic carbocycles. The van der Waals surface area contributed by atoms with Crippen LogP contribution in [0.3, 0.4) is 0 Å². The van der Waals surface area contributed by atoms with Crippen LogP contribution < -0.4 is 5.73 Å². The maximum Gasteiger partial charge on any atom is 0.208 e. The van der Waals surface area contributed by atoms with Gasteiger partial charge in [0.25, 0.3) is 0 Å². The SMILES string of the molecule is NCC(=O)C(O)(C=O)C(O)C(O)C(O)CO. The van der Waals surface area contributed by atoms with Gasteiger partial charge in [-0.1, -0.05) is 0 Å². The summed E-state index contributed by atoms with van der Waals surface area (Å²) in [5.41, 5.74) is 2.01. The zero-order valence-corrected chi connectivity index (χ0v) is 8.35. The van der Waals surface area contributed by atoms with E-state index in [2.05, 4.69) is 0 Å². The number of aldehydes is 1. The van der Waals surface area contributed by atoms with E-state index >= 15 is 0 Å². The first-order valence-electron chi connectivity index (χ1n) is 4.42. The Labute approximate surface area is 90.9 Å². The summed E-state index contributed by atoms with van der Waals surface area (Å²) in [7, 11) is 0. The van der Waals surface area contributed by atoms with Gasteiger partial charge in [0.2, 0.25) is 5.60 Å². The zero-order valence-electron chi connectivity index (χ0n) is 8.35. The van der Waals surface area contributed by atoms with Crippen molar-refractivity contribution in [3.8, 4) is 0 Å². The first-order valence-corrected chi connectivity index (χ1v) is 4.42. The highest BCUT2D eigenvalue weighted by atomic mass is 16.4. The molecular weight excluding hydrogens is 222 g/mol. The van der Waals surface area contributed by atoms with Crippen molar-refractivity contribution in [2.45, 2.75) is 23.9 Å². The highest BCUT2D eigenvalue weighted by molar-refractivity contribution is 6.03. The molecule has 4 atom stereocenters. The van der Waals surface area contributed by atoms with E-state index in [0.717, 1.165) is 0 Å². The Hall–Kier alpha value is -0.900. The largest absolute Gasteiger partial charge is 0.394 e. The molecule has 0 aromatic heterocycles. The standard InChI is InChI=1S/C8H15NO7/c9-1-5(13)8(16,3-11)7(15)6(14)4(12)2-10/h3-4,6-7,10,12,14-16H,1-2,9H2. The van der Waals surface area contributed by atoms with Gasteiger partial charge < -0.3 is 31.3 Å². The average Bonchev–Trinajstić information content (AvgIpc) is 2.33. The first-order chi connectivity index (χ1) is 7.34. The predicted molar refractivity (Wildman–Crippen MR) is 50.2 cm³/mol. The Bertz CT molecular complexity index is 259. The van der Waals surface area contributed by atoms with Crippen LogP contribution in [0.4, 0.5) is 0 Å². The van der Waals surface area contributed by atoms with E-state index in [1.165, 1.54) is 0 Å². The maximum atomic E-state index is 11.1. The van der Waals surface area contributed by atoms with E-state index in [1.807, 2.05) is 0 Å². The summed E-state index contributed by atoms with van der Waals surface area (Å²) >= 11 is 0. The Balaban J connectivity index is 4.96. The van der Waals surface area contributed by atoms with Gasteiger partial charge in [-0.05, 0) is 0 Å². The molecule has 0 aliphatic heterocycles. The van der Waals surface area contributed by atoms with Gasteiger partial charge in [0, 0.05) is 0 Å². The first kappa shape index (κ1) is 15.1. The lowest BCUT2D eigenvalue weighted by Gasteiger charge is -2.30. The van der Waals surface area contributed by atoms with E-state index in [9.17, 15) is 24.9 Å². The van der Waals surface area contributed by atoms with Crippen molar-refractivity contribution in [2.75, 3.05) is 13.2 Å². The topological polar surface area (TPSA) is 161 Å². The molecule has 0 saturated heterocycles. The van der Waals surface area contributed by atoms with Gasteiger partial charge in [-0.3, -0.25) is 9.59 Å². The number of rotatable bonds is 7. The molecule has 0 heterocycles. The number of aliphatic hydroxyl groups is 5. The normalized spacial score (nSPS) is 20.6. The van der Waals surface area contributed by atoms with Gasteiger partial charge in [0.15, 0.2) is 12.1 Å². The number of hydrogen-bond donors (Lipinski definition) is 6. The van der Waals surface area contributed by atoms with Crippen molar-refractivity contribution in [1.29, 1.82) is 0 Å². The quantitative estimate of drug-likeness (QED) is 0.191. The van der Waals surface area contributed by atoms with Crippen LogP contribution in [0, 0.1) is 0 Å². The van der Waals surface area contributed by atoms with Gasteiger partial charge in [0.1, 0.15) is 18.3 Å². The second-order valence-electron chi connectivity index (χ2n) is 3.26. The number of ketones is 1. The van der Waals surface area contributed by atoms with Crippen LogP contribution in [-0.4, -0.2) is 74.7 Å². The lowest BCUT2D eigenvalue weighted by molar-refractivity contribution is -0.173. The highest BCUT2D eigenvalue weighted by Crippen LogP contribution is 2.15. The number of carbonyl (C=O) groups excluding carboxylic acids is 2. The lowest BCUT2D eigenvalue weighted by Crippen LogP contribution is -2.60. The van der Waals surface area contributed by atoms with Gasteiger partial charge in [-0.2, -0.15) is 0 Å². The third kappa shape index (κ3) is 2.82. The predicted octanol–water partition coefficient (Wildman–Crippen LogP) is -4.48. The molecule has 8 heteroatoms. The molecule has 0 fully saturated rings. The second-order valence-corrected chi connectivity index (χ2v) is 3.26. The Morgan fingerprint density at radius 1 is 1.38 bits per heavy atom. The summed E-state index contributed by atoms with van der Waals surface area (Å²) < 4.78 is 0. The molecule has 0 aromatic rings. The van der Waals surface area contributed by atoms with E-state index in [4.69, 9.17) is 15.9 Å². The van der Waals surface area contributed by atoms with Crippen LogP contribution >= 0.6 is 0 Å². The average molecular weight is 237 g/mol. The van der Waals surface area contributed by atoms with Crippen LogP contribution in [0.1, 0.15) is 0 Å². The van der Waals surface area contributed by atoms with Gasteiger partial charge in [0.05, 0.1) is 13.2 Å². The van der Waals surface area contributed by atoms with Crippen molar-refractivity contribution in [3.63, 3.8) is 0 Å². The molecule has 8 nitrogen and oxygen atoms in total. The fourth-order valence-corrected chi connectivity index (χ4v) is 1.04. The molecule has 16 heavy (non-hydrogen) atoms. The summed E-state index contributed by atoms with van der Waals surface area (Å²) in [5.74, 6) is -1.21. The minimum atomic E-state index is -2.90. The van der Waals surface area contributed by atoms with Crippen molar-refractivity contribution in [1.82, 2.24) is 0 Å². The lowest BCUT2D eigenvalue weighted by atomic mass is 9.87. The van der Waals surface area contributed by atoms with E-state index in [-0.39, 0.29) is 6.29 Å². The molecule has 0 bridgehead atoms. The number of aliphatic hydroxyl groups excluding tert-OH is 4. The number of Topliss-reactive ketones (excluding diaryl/α,β-unsaturated/α-hetero) is 1. The molecular formula is C8H15NO7. The van der Waals surface area contributed by atoms with Crippen LogP contribution in [0.15, 0.2) is 0 Å². The molecule has 0 saturated carbocycles. The Kier molecular flexibility index (Phi) is 5.65. The minimum absolute atomic E-state index is 0.278. The van der Waals surface area contributed by atoms with Crippen molar-refractivity contribution in [2.24, 2.45) is 5.73 Å². The van der Waals surface area contributed by atoms with Crippen LogP contribution in [-0.2, 0) is 9.59 Å². The smallest absolute Gasteiger partial charge is 0.208 e. The molecule has 94 valence electrons. The van der Waals surface area contributed by atoms with E-state index in [1.54, 1.807) is 0 Å². The van der Waals surface area contributed by atoms with Gasteiger partial charge in [-0.15, -0.1) is 0 Å². The van der Waals surface area contributed by atoms with Crippen molar-refractivity contribution < 1.29 is 35.1 Å². The number of hydrogen-bond acceptors (Lipinski definition) is 8. The maximum absolute atomic E-state index is 11.1.